The Morgan fingerprint density at radius 2 is 1.14 bits per heavy atom. The molecule has 49 heavy (non-hydrogen) atoms. The van der Waals surface area contributed by atoms with Crippen molar-refractivity contribution in [1.82, 2.24) is 5.32 Å². The first-order valence-electron chi connectivity index (χ1n) is 16.7. The fourth-order valence-corrected chi connectivity index (χ4v) is 6.47. The Labute approximate surface area is 284 Å². The van der Waals surface area contributed by atoms with Crippen LogP contribution in [0.15, 0.2) is 0 Å². The maximum Gasteiger partial charge on any atom is 0.187 e. The Morgan fingerprint density at radius 3 is 1.73 bits per heavy atom. The van der Waals surface area contributed by atoms with E-state index in [1.165, 1.54) is 0 Å². The van der Waals surface area contributed by atoms with Crippen LogP contribution in [0.1, 0.15) is 12.8 Å². The van der Waals surface area contributed by atoms with E-state index in [2.05, 4.69) is 5.32 Å². The summed E-state index contributed by atoms with van der Waals surface area (Å²) in [5.41, 5.74) is 36.2. The van der Waals surface area contributed by atoms with Crippen molar-refractivity contribution >= 4 is 0 Å². The minimum absolute atomic E-state index is 0.0839. The maximum atomic E-state index is 11.3. The zero-order valence-electron chi connectivity index (χ0n) is 27.3. The van der Waals surface area contributed by atoms with E-state index in [9.17, 15) is 35.7 Å². The molecule has 0 bridgehead atoms. The molecular weight excluding hydrogens is 658 g/mol. The standard InChI is InChI=1S/C28H57N7O14/c29-2-1-3-35-4-5-43-25-23(48-26-15(33)20(41)18(39)12(7-30)44-26)14(9-37)46-28(25)49-24-17(38)10(31)6-11(32)22(24)47-27-16(34)21(42)19(40)13(8-36)45-27/h10-28,35-42H,1-9,29-34H2. The summed E-state index contributed by atoms with van der Waals surface area (Å²) in [7, 11) is 0. The molecule has 0 radical (unpaired) electrons. The van der Waals surface area contributed by atoms with E-state index in [0.29, 0.717) is 19.6 Å². The zero-order chi connectivity index (χ0) is 36.0. The number of aliphatic hydroxyl groups excluding tert-OH is 7. The summed E-state index contributed by atoms with van der Waals surface area (Å²) in [5.74, 6) is 0. The van der Waals surface area contributed by atoms with Gasteiger partial charge in [0.1, 0.15) is 67.1 Å². The van der Waals surface area contributed by atoms with Gasteiger partial charge < -0.3 is 109 Å². The van der Waals surface area contributed by atoms with Crippen molar-refractivity contribution in [2.75, 3.05) is 46.0 Å². The summed E-state index contributed by atoms with van der Waals surface area (Å²) >= 11 is 0. The van der Waals surface area contributed by atoms with Gasteiger partial charge in [-0.1, -0.05) is 0 Å². The normalized spacial score (nSPS) is 47.8. The number of ether oxygens (including phenoxy) is 7. The van der Waals surface area contributed by atoms with Gasteiger partial charge in [0.25, 0.3) is 0 Å². The third kappa shape index (κ3) is 9.40. The van der Waals surface area contributed by atoms with E-state index in [-0.39, 0.29) is 19.6 Å². The summed E-state index contributed by atoms with van der Waals surface area (Å²) in [6.45, 7) is 0.208. The van der Waals surface area contributed by atoms with Crippen LogP contribution in [0.2, 0.25) is 0 Å². The molecule has 1 aliphatic carbocycles. The zero-order valence-corrected chi connectivity index (χ0v) is 27.3. The lowest BCUT2D eigenvalue weighted by Crippen LogP contribution is -2.68. The van der Waals surface area contributed by atoms with Gasteiger partial charge in [-0.05, 0) is 25.9 Å². The van der Waals surface area contributed by atoms with Crippen molar-refractivity contribution in [3.05, 3.63) is 0 Å². The molecular formula is C28H57N7O14. The largest absolute Gasteiger partial charge is 0.394 e. The van der Waals surface area contributed by atoms with Crippen LogP contribution in [0.25, 0.3) is 0 Å². The molecule has 0 spiro atoms. The second-order valence-electron chi connectivity index (χ2n) is 12.9. The molecule has 19 unspecified atom stereocenters. The highest BCUT2D eigenvalue weighted by Crippen LogP contribution is 2.35. The Morgan fingerprint density at radius 1 is 0.592 bits per heavy atom. The summed E-state index contributed by atoms with van der Waals surface area (Å²) < 4.78 is 42.2. The maximum absolute atomic E-state index is 11.3. The topological polar surface area (TPSA) is 374 Å². The van der Waals surface area contributed by atoms with Gasteiger partial charge in [0, 0.05) is 25.2 Å². The van der Waals surface area contributed by atoms with Gasteiger partial charge in [-0.25, -0.2) is 0 Å². The molecule has 0 aromatic rings. The van der Waals surface area contributed by atoms with Gasteiger partial charge in [0.2, 0.25) is 0 Å². The highest BCUT2D eigenvalue weighted by atomic mass is 16.8. The number of hydrogen-bond donors (Lipinski definition) is 14. The Hall–Kier alpha value is -0.840. The van der Waals surface area contributed by atoms with E-state index in [1.54, 1.807) is 0 Å². The van der Waals surface area contributed by atoms with Crippen LogP contribution >= 0.6 is 0 Å². The second kappa shape index (κ2) is 18.8. The van der Waals surface area contributed by atoms with Gasteiger partial charge in [0.15, 0.2) is 18.9 Å². The molecule has 4 aliphatic rings. The lowest BCUT2D eigenvalue weighted by molar-refractivity contribution is -0.311. The molecule has 21 heteroatoms. The van der Waals surface area contributed by atoms with Crippen molar-refractivity contribution in [3.8, 4) is 0 Å². The average molecular weight is 716 g/mol. The molecule has 0 aromatic heterocycles. The number of aliphatic hydroxyl groups is 7. The second-order valence-corrected chi connectivity index (χ2v) is 12.9. The summed E-state index contributed by atoms with van der Waals surface area (Å²) in [6, 6.07) is -4.23. The SMILES string of the molecule is NCCCNCCOC1C(OC2C(O)C(N)CC(N)C2OC2OC(CO)C(O)C(O)C2N)OC(CO)C1OC1OC(CN)C(O)C(O)C1N. The Bertz CT molecular complexity index is 983. The first-order chi connectivity index (χ1) is 23.4. The van der Waals surface area contributed by atoms with E-state index in [4.69, 9.17) is 67.6 Å². The molecule has 4 rings (SSSR count). The van der Waals surface area contributed by atoms with E-state index < -0.39 is 129 Å². The molecule has 3 heterocycles. The van der Waals surface area contributed by atoms with E-state index in [1.807, 2.05) is 0 Å². The van der Waals surface area contributed by atoms with Crippen LogP contribution in [-0.2, 0) is 33.2 Å². The van der Waals surface area contributed by atoms with E-state index in [0.717, 1.165) is 6.42 Å². The molecule has 3 saturated heterocycles. The minimum Gasteiger partial charge on any atom is -0.394 e. The monoisotopic (exact) mass is 715 g/mol. The number of rotatable bonds is 16. The smallest absolute Gasteiger partial charge is 0.187 e. The van der Waals surface area contributed by atoms with Gasteiger partial charge in [0.05, 0.1) is 38.0 Å². The quantitative estimate of drug-likeness (QED) is 0.0659. The van der Waals surface area contributed by atoms with Gasteiger partial charge >= 0.3 is 0 Å². The third-order valence-corrected chi connectivity index (χ3v) is 9.44. The first kappa shape index (κ1) is 40.9. The first-order valence-corrected chi connectivity index (χ1v) is 16.7. The Kier molecular flexibility index (Phi) is 15.7. The van der Waals surface area contributed by atoms with Crippen LogP contribution in [-0.4, -0.2) is 198 Å². The molecule has 1 saturated carbocycles. The lowest BCUT2D eigenvalue weighted by atomic mass is 9.84. The van der Waals surface area contributed by atoms with Crippen LogP contribution in [0.5, 0.6) is 0 Å². The highest BCUT2D eigenvalue weighted by Gasteiger charge is 2.55. The molecule has 4 fully saturated rings. The highest BCUT2D eigenvalue weighted by molar-refractivity contribution is 5.02. The van der Waals surface area contributed by atoms with Crippen molar-refractivity contribution in [2.45, 2.75) is 129 Å². The van der Waals surface area contributed by atoms with Crippen LogP contribution in [0.3, 0.4) is 0 Å². The van der Waals surface area contributed by atoms with Crippen LogP contribution in [0, 0.1) is 0 Å². The molecule has 21 nitrogen and oxygen atoms in total. The fraction of sp³-hybridized carbons (Fsp3) is 1.00. The molecule has 288 valence electrons. The predicted octanol–water partition coefficient (Wildman–Crippen LogP) is -8.90. The van der Waals surface area contributed by atoms with Crippen LogP contribution in [0.4, 0.5) is 0 Å². The van der Waals surface area contributed by atoms with Gasteiger partial charge in [-0.3, -0.25) is 0 Å². The lowest BCUT2D eigenvalue weighted by Gasteiger charge is -2.47. The minimum atomic E-state index is -1.52. The summed E-state index contributed by atoms with van der Waals surface area (Å²) in [6.07, 6.45) is -18.5. The fourth-order valence-electron chi connectivity index (χ4n) is 6.47. The number of nitrogens with two attached hydrogens (primary N) is 6. The molecule has 20 N–H and O–H groups in total. The molecule has 19 atom stereocenters. The van der Waals surface area contributed by atoms with Gasteiger partial charge in [-0.15, -0.1) is 0 Å². The predicted molar refractivity (Wildman–Crippen MR) is 167 cm³/mol. The summed E-state index contributed by atoms with van der Waals surface area (Å²) in [4.78, 5) is 0. The van der Waals surface area contributed by atoms with Crippen molar-refractivity contribution in [1.29, 1.82) is 0 Å². The molecule has 0 amide bonds. The molecule has 3 aliphatic heterocycles. The number of hydrogen-bond acceptors (Lipinski definition) is 21. The van der Waals surface area contributed by atoms with Crippen molar-refractivity contribution < 1.29 is 68.9 Å². The average Bonchev–Trinajstić information content (AvgIpc) is 3.41. The van der Waals surface area contributed by atoms with Crippen LogP contribution < -0.4 is 39.7 Å². The summed E-state index contributed by atoms with van der Waals surface area (Å²) in [5, 5.41) is 76.0. The van der Waals surface area contributed by atoms with Crippen molar-refractivity contribution in [2.24, 2.45) is 34.4 Å². The van der Waals surface area contributed by atoms with Crippen molar-refractivity contribution in [3.63, 3.8) is 0 Å². The van der Waals surface area contributed by atoms with E-state index >= 15 is 0 Å². The number of nitrogens with one attached hydrogen (secondary N) is 1. The van der Waals surface area contributed by atoms with Gasteiger partial charge in [-0.2, -0.15) is 0 Å². The Balaban J connectivity index is 1.57. The molecule has 0 aromatic carbocycles. The third-order valence-electron chi connectivity index (χ3n) is 9.44.